The van der Waals surface area contributed by atoms with Crippen LogP contribution in [0.3, 0.4) is 0 Å². The van der Waals surface area contributed by atoms with E-state index in [1.165, 1.54) is 13.4 Å². The van der Waals surface area contributed by atoms with Gasteiger partial charge in [-0.3, -0.25) is 9.78 Å². The molecule has 0 aromatic carbocycles. The summed E-state index contributed by atoms with van der Waals surface area (Å²) in [6, 6.07) is 0.166. The Morgan fingerprint density at radius 2 is 2.31 bits per heavy atom. The fourth-order valence-corrected chi connectivity index (χ4v) is 0.919. The summed E-state index contributed by atoms with van der Waals surface area (Å²) in [5, 5.41) is 0. The first-order valence-electron chi connectivity index (χ1n) is 3.28. The molecular weight excluding hydrogens is 183 g/mol. The number of fused-ring (bicyclic) bond motifs is 1. The molecule has 0 bridgehead atoms. The van der Waals surface area contributed by atoms with Gasteiger partial charge in [0.2, 0.25) is 0 Å². The maximum atomic E-state index is 11.2. The number of H-pyrrole nitrogens is 2. The van der Waals surface area contributed by atoms with E-state index in [1.807, 2.05) is 0 Å². The Bertz CT molecular complexity index is 463. The molecule has 0 amide bonds. The molecular formula is C6H7N4NaO2. The molecule has 0 spiro atoms. The zero-order chi connectivity index (χ0) is 8.55. The van der Waals surface area contributed by atoms with Crippen LogP contribution in [0.4, 0.5) is 0 Å². The number of rotatable bonds is 1. The molecule has 0 radical (unpaired) electrons. The number of aromatic amines is 2. The topological polar surface area (TPSA) is 83.7 Å². The molecule has 0 aliphatic carbocycles. The SMILES string of the molecule is COc1nc2nc[nH]c2c(=O)[nH]1.[NaH]. The van der Waals surface area contributed by atoms with E-state index in [1.54, 1.807) is 0 Å². The normalized spacial score (nSPS) is 9.62. The first-order chi connectivity index (χ1) is 5.81. The van der Waals surface area contributed by atoms with Crippen molar-refractivity contribution in [3.05, 3.63) is 16.7 Å². The summed E-state index contributed by atoms with van der Waals surface area (Å²) in [7, 11) is 1.43. The van der Waals surface area contributed by atoms with Crippen molar-refractivity contribution in [3.8, 4) is 6.01 Å². The summed E-state index contributed by atoms with van der Waals surface area (Å²) in [6.07, 6.45) is 1.41. The van der Waals surface area contributed by atoms with Gasteiger partial charge in [0.1, 0.15) is 0 Å². The van der Waals surface area contributed by atoms with Crippen LogP contribution in [-0.2, 0) is 0 Å². The monoisotopic (exact) mass is 190 g/mol. The third-order valence-corrected chi connectivity index (χ3v) is 1.47. The predicted octanol–water partition coefficient (Wildman–Crippen LogP) is -0.994. The van der Waals surface area contributed by atoms with Crippen LogP contribution in [0.2, 0.25) is 0 Å². The average Bonchev–Trinajstić information content (AvgIpc) is 2.52. The van der Waals surface area contributed by atoms with E-state index in [4.69, 9.17) is 4.74 Å². The van der Waals surface area contributed by atoms with Gasteiger partial charge in [0, 0.05) is 0 Å². The van der Waals surface area contributed by atoms with E-state index in [0.717, 1.165) is 0 Å². The molecule has 0 aliphatic heterocycles. The molecule has 2 heterocycles. The quantitative estimate of drug-likeness (QED) is 0.565. The molecule has 6 nitrogen and oxygen atoms in total. The Balaban J connectivity index is 0.000000845. The van der Waals surface area contributed by atoms with Gasteiger partial charge in [-0.05, 0) is 0 Å². The van der Waals surface area contributed by atoms with Gasteiger partial charge in [0.15, 0.2) is 11.2 Å². The molecule has 7 heteroatoms. The van der Waals surface area contributed by atoms with Crippen molar-refractivity contribution in [1.29, 1.82) is 0 Å². The van der Waals surface area contributed by atoms with Crippen LogP contribution >= 0.6 is 0 Å². The van der Waals surface area contributed by atoms with Crippen LogP contribution in [-0.4, -0.2) is 56.6 Å². The average molecular weight is 190 g/mol. The van der Waals surface area contributed by atoms with Crippen LogP contribution in [0.5, 0.6) is 6.01 Å². The van der Waals surface area contributed by atoms with Gasteiger partial charge in [-0.15, -0.1) is 0 Å². The van der Waals surface area contributed by atoms with Crippen LogP contribution in [0.25, 0.3) is 11.2 Å². The second-order valence-corrected chi connectivity index (χ2v) is 2.18. The molecule has 2 rings (SSSR count). The summed E-state index contributed by atoms with van der Waals surface area (Å²) in [5.74, 6) is 0. The number of aromatic nitrogens is 4. The first kappa shape index (κ1) is 10.2. The second kappa shape index (κ2) is 3.91. The van der Waals surface area contributed by atoms with Gasteiger partial charge in [-0.25, -0.2) is 4.98 Å². The summed E-state index contributed by atoms with van der Waals surface area (Å²) in [4.78, 5) is 24.0. The summed E-state index contributed by atoms with van der Waals surface area (Å²) in [5.41, 5.74) is 0.431. The Hall–Kier alpha value is -0.850. The van der Waals surface area contributed by atoms with Crippen molar-refractivity contribution in [1.82, 2.24) is 19.9 Å². The number of ether oxygens (including phenoxy) is 1. The van der Waals surface area contributed by atoms with E-state index in [0.29, 0.717) is 11.2 Å². The molecule has 0 saturated carbocycles. The van der Waals surface area contributed by atoms with Crippen molar-refractivity contribution in [2.75, 3.05) is 7.11 Å². The van der Waals surface area contributed by atoms with E-state index in [9.17, 15) is 4.79 Å². The second-order valence-electron chi connectivity index (χ2n) is 2.18. The van der Waals surface area contributed by atoms with Gasteiger partial charge < -0.3 is 9.72 Å². The molecule has 13 heavy (non-hydrogen) atoms. The third kappa shape index (κ3) is 1.74. The molecule has 0 fully saturated rings. The molecule has 0 saturated heterocycles. The molecule has 2 aromatic heterocycles. The summed E-state index contributed by atoms with van der Waals surface area (Å²) < 4.78 is 4.75. The standard InChI is InChI=1S/C6H6N4O2.Na.H/c1-12-6-9-4-3(5(11)10-6)7-2-8-4;;/h2H,1H3,(H2,7,8,9,10,11);;. The minimum absolute atomic E-state index is 0. The zero-order valence-electron chi connectivity index (χ0n) is 6.29. The molecule has 2 N–H and O–H groups in total. The van der Waals surface area contributed by atoms with Crippen LogP contribution in [0.1, 0.15) is 0 Å². The zero-order valence-corrected chi connectivity index (χ0v) is 6.29. The first-order valence-corrected chi connectivity index (χ1v) is 3.28. The number of hydrogen-bond acceptors (Lipinski definition) is 4. The fraction of sp³-hybridized carbons (Fsp3) is 0.167. The van der Waals surface area contributed by atoms with Gasteiger partial charge in [-0.1, -0.05) is 0 Å². The van der Waals surface area contributed by atoms with Gasteiger partial charge in [-0.2, -0.15) is 4.98 Å². The van der Waals surface area contributed by atoms with Crippen molar-refractivity contribution in [2.24, 2.45) is 0 Å². The fourth-order valence-electron chi connectivity index (χ4n) is 0.919. The Morgan fingerprint density at radius 1 is 1.54 bits per heavy atom. The van der Waals surface area contributed by atoms with Crippen LogP contribution in [0, 0.1) is 0 Å². The summed E-state index contributed by atoms with van der Waals surface area (Å²) in [6.45, 7) is 0. The molecule has 0 atom stereocenters. The Kier molecular flexibility index (Phi) is 3.07. The number of nitrogens with zero attached hydrogens (tertiary/aromatic N) is 2. The van der Waals surface area contributed by atoms with E-state index >= 15 is 0 Å². The third-order valence-electron chi connectivity index (χ3n) is 1.47. The number of hydrogen-bond donors (Lipinski definition) is 2. The van der Waals surface area contributed by atoms with Gasteiger partial charge in [0.05, 0.1) is 13.4 Å². The number of nitrogens with one attached hydrogen (secondary N) is 2. The van der Waals surface area contributed by atoms with Gasteiger partial charge >= 0.3 is 29.6 Å². The molecule has 0 aliphatic rings. The molecule has 0 unspecified atom stereocenters. The van der Waals surface area contributed by atoms with Gasteiger partial charge in [0.25, 0.3) is 11.6 Å². The van der Waals surface area contributed by atoms with Crippen LogP contribution < -0.4 is 10.3 Å². The van der Waals surface area contributed by atoms with Crippen LogP contribution in [0.15, 0.2) is 11.1 Å². The van der Waals surface area contributed by atoms with Crippen molar-refractivity contribution in [2.45, 2.75) is 0 Å². The van der Waals surface area contributed by atoms with E-state index < -0.39 is 0 Å². The Labute approximate surface area is 95.0 Å². The summed E-state index contributed by atoms with van der Waals surface area (Å²) >= 11 is 0. The minimum atomic E-state index is -0.283. The Morgan fingerprint density at radius 3 is 3.00 bits per heavy atom. The molecule has 64 valence electrons. The van der Waals surface area contributed by atoms with Crippen molar-refractivity contribution >= 4 is 40.7 Å². The van der Waals surface area contributed by atoms with E-state index in [-0.39, 0.29) is 41.1 Å². The van der Waals surface area contributed by atoms with E-state index in [2.05, 4.69) is 19.9 Å². The van der Waals surface area contributed by atoms with Crippen molar-refractivity contribution < 1.29 is 4.74 Å². The number of imidazole rings is 1. The molecule has 2 aromatic rings. The van der Waals surface area contributed by atoms with Crippen molar-refractivity contribution in [3.63, 3.8) is 0 Å². The predicted molar refractivity (Wildman–Crippen MR) is 48.2 cm³/mol. The maximum absolute atomic E-state index is 11.2. The number of methoxy groups -OCH3 is 1.